The smallest absolute Gasteiger partial charge is 0.310 e. The first-order valence-corrected chi connectivity index (χ1v) is 5.64. The number of methoxy groups -OCH3 is 1. The lowest BCUT2D eigenvalue weighted by molar-refractivity contribution is -0.384. The fourth-order valence-corrected chi connectivity index (χ4v) is 1.75. The van der Waals surface area contributed by atoms with E-state index in [2.05, 4.69) is 9.84 Å². The molecular weight excluding hydrogens is 266 g/mol. The lowest BCUT2D eigenvalue weighted by Gasteiger charge is -2.02. The largest absolute Gasteiger partial charge is 0.469 e. The summed E-state index contributed by atoms with van der Waals surface area (Å²) in [4.78, 5) is 33.6. The van der Waals surface area contributed by atoms with Crippen molar-refractivity contribution in [3.05, 3.63) is 56.5 Å². The Morgan fingerprint density at radius 2 is 2.15 bits per heavy atom. The van der Waals surface area contributed by atoms with Gasteiger partial charge in [-0.3, -0.25) is 24.8 Å². The number of nitrogens with zero attached hydrogens (tertiary/aromatic N) is 2. The third-order valence-electron chi connectivity index (χ3n) is 2.73. The predicted octanol–water partition coefficient (Wildman–Crippen LogP) is 0.789. The van der Waals surface area contributed by atoms with E-state index in [1.54, 1.807) is 6.07 Å². The summed E-state index contributed by atoms with van der Waals surface area (Å²) in [5.41, 5.74) is -0.445. The van der Waals surface area contributed by atoms with E-state index in [0.29, 0.717) is 0 Å². The maximum Gasteiger partial charge on any atom is 0.310 e. The number of hydrogen-bond acceptors (Lipinski definition) is 5. The van der Waals surface area contributed by atoms with Crippen molar-refractivity contribution in [2.75, 3.05) is 7.11 Å². The highest BCUT2D eigenvalue weighted by Crippen LogP contribution is 2.20. The molecule has 8 nitrogen and oxygen atoms in total. The Bertz CT molecular complexity index is 716. The number of H-pyrrole nitrogens is 1. The molecule has 0 aliphatic carbocycles. The highest BCUT2D eigenvalue weighted by Gasteiger charge is 2.18. The molecule has 0 amide bonds. The maximum absolute atomic E-state index is 12.1. The zero-order valence-corrected chi connectivity index (χ0v) is 10.5. The van der Waals surface area contributed by atoms with Crippen molar-refractivity contribution >= 4 is 11.7 Å². The molecule has 20 heavy (non-hydrogen) atoms. The summed E-state index contributed by atoms with van der Waals surface area (Å²) >= 11 is 0. The van der Waals surface area contributed by atoms with E-state index in [0.717, 1.165) is 4.68 Å². The molecule has 0 fully saturated rings. The molecule has 0 atom stereocenters. The van der Waals surface area contributed by atoms with Gasteiger partial charge in [0.2, 0.25) is 0 Å². The van der Waals surface area contributed by atoms with Gasteiger partial charge in [0.05, 0.1) is 18.5 Å². The average Bonchev–Trinajstić information content (AvgIpc) is 2.80. The van der Waals surface area contributed by atoms with E-state index in [-0.39, 0.29) is 23.4 Å². The van der Waals surface area contributed by atoms with E-state index in [4.69, 9.17) is 0 Å². The molecule has 1 aromatic heterocycles. The molecule has 0 aliphatic rings. The van der Waals surface area contributed by atoms with E-state index in [9.17, 15) is 19.7 Å². The monoisotopic (exact) mass is 277 g/mol. The Kier molecular flexibility index (Phi) is 3.65. The van der Waals surface area contributed by atoms with Crippen LogP contribution in [0.5, 0.6) is 0 Å². The highest BCUT2D eigenvalue weighted by molar-refractivity contribution is 5.72. The number of hydrogen-bond donors (Lipinski definition) is 1. The maximum atomic E-state index is 12.1. The highest BCUT2D eigenvalue weighted by atomic mass is 16.6. The molecule has 0 radical (unpaired) electrons. The molecule has 0 saturated carbocycles. The minimum Gasteiger partial charge on any atom is -0.469 e. The molecule has 0 bridgehead atoms. The molecule has 1 N–H and O–H groups in total. The van der Waals surface area contributed by atoms with Gasteiger partial charge in [0.1, 0.15) is 5.69 Å². The minimum absolute atomic E-state index is 0.110. The van der Waals surface area contributed by atoms with Crippen LogP contribution in [-0.2, 0) is 16.0 Å². The van der Waals surface area contributed by atoms with Crippen molar-refractivity contribution in [3.8, 4) is 5.69 Å². The zero-order chi connectivity index (χ0) is 14.7. The number of para-hydroxylation sites is 2. The van der Waals surface area contributed by atoms with Crippen molar-refractivity contribution < 1.29 is 14.5 Å². The van der Waals surface area contributed by atoms with Crippen molar-refractivity contribution in [2.45, 2.75) is 6.42 Å². The van der Waals surface area contributed by atoms with E-state index in [1.807, 2.05) is 0 Å². The molecule has 0 spiro atoms. The van der Waals surface area contributed by atoms with Crippen LogP contribution >= 0.6 is 0 Å². The number of benzene rings is 1. The molecule has 2 rings (SSSR count). The number of aromatic nitrogens is 2. The van der Waals surface area contributed by atoms with E-state index < -0.39 is 16.5 Å². The van der Waals surface area contributed by atoms with Gasteiger partial charge in [-0.15, -0.1) is 0 Å². The summed E-state index contributed by atoms with van der Waals surface area (Å²) in [6.07, 6.45) is 1.13. The van der Waals surface area contributed by atoms with Crippen LogP contribution in [0.1, 0.15) is 5.56 Å². The number of nitrogens with one attached hydrogen (secondary N) is 1. The van der Waals surface area contributed by atoms with Crippen LogP contribution in [0.4, 0.5) is 5.69 Å². The lowest BCUT2D eigenvalue weighted by atomic mass is 10.2. The molecule has 0 saturated heterocycles. The third kappa shape index (κ3) is 2.44. The van der Waals surface area contributed by atoms with Crippen LogP contribution in [0, 0.1) is 10.1 Å². The molecule has 1 heterocycles. The summed E-state index contributed by atoms with van der Waals surface area (Å²) in [6.45, 7) is 0. The Balaban J connectivity index is 2.48. The molecule has 0 unspecified atom stereocenters. The van der Waals surface area contributed by atoms with Gasteiger partial charge in [0.25, 0.3) is 11.2 Å². The molecule has 104 valence electrons. The normalized spacial score (nSPS) is 10.2. The summed E-state index contributed by atoms with van der Waals surface area (Å²) < 4.78 is 5.50. The molecule has 0 aliphatic heterocycles. The van der Waals surface area contributed by atoms with Crippen molar-refractivity contribution in [3.63, 3.8) is 0 Å². The zero-order valence-electron chi connectivity index (χ0n) is 10.5. The van der Waals surface area contributed by atoms with Gasteiger partial charge in [-0.25, -0.2) is 4.68 Å². The first-order valence-electron chi connectivity index (χ1n) is 5.64. The van der Waals surface area contributed by atoms with Gasteiger partial charge in [-0.05, 0) is 6.07 Å². The minimum atomic E-state index is -0.581. The second kappa shape index (κ2) is 5.39. The van der Waals surface area contributed by atoms with E-state index >= 15 is 0 Å². The summed E-state index contributed by atoms with van der Waals surface area (Å²) in [5.74, 6) is -0.559. The molecule has 1 aromatic carbocycles. The standard InChI is InChI=1S/C12H11N3O5/c1-20-11(16)6-8-7-13-14(12(8)17)9-4-2-3-5-10(9)15(18)19/h2-5,7,13H,6H2,1H3. The number of rotatable bonds is 4. The molecule has 8 heteroatoms. The Labute approximate surface area is 112 Å². The number of nitro benzene ring substituents is 1. The third-order valence-corrected chi connectivity index (χ3v) is 2.73. The van der Waals surface area contributed by atoms with Crippen molar-refractivity contribution in [1.82, 2.24) is 9.78 Å². The van der Waals surface area contributed by atoms with Crippen molar-refractivity contribution in [2.24, 2.45) is 0 Å². The SMILES string of the molecule is COC(=O)Cc1c[nH]n(-c2ccccc2[N+](=O)[O-])c1=O. The Morgan fingerprint density at radius 3 is 2.80 bits per heavy atom. The Morgan fingerprint density at radius 1 is 1.45 bits per heavy atom. The quantitative estimate of drug-likeness (QED) is 0.505. The first kappa shape index (κ1) is 13.5. The van der Waals surface area contributed by atoms with Crippen LogP contribution in [0.2, 0.25) is 0 Å². The number of carbonyl (C=O) groups excluding carboxylic acids is 1. The van der Waals surface area contributed by atoms with Gasteiger partial charge >= 0.3 is 5.97 Å². The molecule has 2 aromatic rings. The van der Waals surface area contributed by atoms with Crippen LogP contribution in [0.15, 0.2) is 35.3 Å². The van der Waals surface area contributed by atoms with Crippen molar-refractivity contribution in [1.29, 1.82) is 0 Å². The topological polar surface area (TPSA) is 107 Å². The first-order chi connectivity index (χ1) is 9.54. The molecular formula is C12H11N3O5. The number of carbonyl (C=O) groups is 1. The number of ether oxygens (including phenoxy) is 1. The van der Waals surface area contributed by atoms with Crippen LogP contribution in [0.25, 0.3) is 5.69 Å². The second-order valence-corrected chi connectivity index (χ2v) is 3.94. The van der Waals surface area contributed by atoms with Gasteiger partial charge in [0.15, 0.2) is 0 Å². The predicted molar refractivity (Wildman–Crippen MR) is 68.8 cm³/mol. The van der Waals surface area contributed by atoms with E-state index in [1.165, 1.54) is 31.5 Å². The van der Waals surface area contributed by atoms with Gasteiger partial charge in [-0.1, -0.05) is 12.1 Å². The van der Waals surface area contributed by atoms with Gasteiger partial charge in [-0.2, -0.15) is 0 Å². The fraction of sp³-hybridized carbons (Fsp3) is 0.167. The van der Waals surface area contributed by atoms with Gasteiger partial charge < -0.3 is 4.74 Å². The summed E-state index contributed by atoms with van der Waals surface area (Å²) in [7, 11) is 1.22. The average molecular weight is 277 g/mol. The second-order valence-electron chi connectivity index (χ2n) is 3.94. The van der Waals surface area contributed by atoms with Gasteiger partial charge in [0, 0.05) is 17.8 Å². The fourth-order valence-electron chi connectivity index (χ4n) is 1.75. The van der Waals surface area contributed by atoms with Crippen LogP contribution in [-0.4, -0.2) is 27.8 Å². The lowest BCUT2D eigenvalue weighted by Crippen LogP contribution is -2.20. The summed E-state index contributed by atoms with van der Waals surface area (Å²) in [5, 5.41) is 13.5. The number of nitro groups is 1. The Hall–Kier alpha value is -2.90. The van der Waals surface area contributed by atoms with Crippen LogP contribution in [0.3, 0.4) is 0 Å². The number of aromatic amines is 1. The van der Waals surface area contributed by atoms with Crippen LogP contribution < -0.4 is 5.56 Å². The number of esters is 1. The summed E-state index contributed by atoms with van der Waals surface area (Å²) in [6, 6.07) is 5.82.